The van der Waals surface area contributed by atoms with Gasteiger partial charge in [-0.1, -0.05) is 0 Å². The number of furan rings is 1. The third kappa shape index (κ3) is 1.91. The zero-order chi connectivity index (χ0) is 11.7. The predicted molar refractivity (Wildman–Crippen MR) is 66.4 cm³/mol. The number of hydrogen-bond acceptors (Lipinski definition) is 4. The van der Waals surface area contributed by atoms with Crippen molar-refractivity contribution in [3.63, 3.8) is 0 Å². The average Bonchev–Trinajstić information content (AvgIpc) is 2.77. The van der Waals surface area contributed by atoms with E-state index < -0.39 is 0 Å². The quantitative estimate of drug-likeness (QED) is 0.636. The van der Waals surface area contributed by atoms with E-state index in [1.807, 2.05) is 19.9 Å². The fourth-order valence-electron chi connectivity index (χ4n) is 1.98. The molecule has 2 aromatic heterocycles. The summed E-state index contributed by atoms with van der Waals surface area (Å²) in [5.41, 5.74) is 5.19. The zero-order valence-electron chi connectivity index (χ0n) is 9.70. The van der Waals surface area contributed by atoms with E-state index >= 15 is 0 Å². The highest BCUT2D eigenvalue weighted by molar-refractivity contribution is 7.10. The number of nitrogens with two attached hydrogens (primary N) is 1. The van der Waals surface area contributed by atoms with Gasteiger partial charge in [-0.2, -0.15) is 0 Å². The minimum Gasteiger partial charge on any atom is -0.466 e. The van der Waals surface area contributed by atoms with Gasteiger partial charge in [0.05, 0.1) is 6.04 Å². The Bertz CT molecular complexity index is 487. The lowest BCUT2D eigenvalue weighted by atomic mass is 10.0. The molecule has 0 spiro atoms. The molecule has 16 heavy (non-hydrogen) atoms. The van der Waals surface area contributed by atoms with Gasteiger partial charge < -0.3 is 4.42 Å². The molecule has 0 saturated heterocycles. The standard InChI is InChI=1S/C12H16N2OS/c1-7-6-11(8(2)15-7)12(14-13)10-4-5-16-9(10)3/h4-6,12,14H,13H2,1-3H3. The Balaban J connectivity index is 2.44. The highest BCUT2D eigenvalue weighted by Crippen LogP contribution is 2.30. The van der Waals surface area contributed by atoms with Gasteiger partial charge in [-0.05, 0) is 43.8 Å². The van der Waals surface area contributed by atoms with E-state index in [-0.39, 0.29) is 6.04 Å². The predicted octanol–water partition coefficient (Wildman–Crippen LogP) is 2.82. The first-order chi connectivity index (χ1) is 7.63. The second-order valence-corrected chi connectivity index (χ2v) is 5.02. The highest BCUT2D eigenvalue weighted by Gasteiger charge is 2.19. The summed E-state index contributed by atoms with van der Waals surface area (Å²) < 4.78 is 5.54. The molecule has 0 fully saturated rings. The third-order valence-corrected chi connectivity index (χ3v) is 3.63. The van der Waals surface area contributed by atoms with Crippen molar-refractivity contribution < 1.29 is 4.42 Å². The topological polar surface area (TPSA) is 51.2 Å². The maximum absolute atomic E-state index is 5.66. The first-order valence-corrected chi connectivity index (χ1v) is 6.08. The molecular weight excluding hydrogens is 220 g/mol. The van der Waals surface area contributed by atoms with Crippen molar-refractivity contribution in [2.45, 2.75) is 26.8 Å². The number of rotatable bonds is 3. The molecule has 2 heterocycles. The summed E-state index contributed by atoms with van der Waals surface area (Å²) in [6.07, 6.45) is 0. The molecule has 2 aromatic rings. The van der Waals surface area contributed by atoms with Crippen LogP contribution in [0.5, 0.6) is 0 Å². The van der Waals surface area contributed by atoms with Crippen molar-refractivity contribution in [2.24, 2.45) is 5.84 Å². The first kappa shape index (κ1) is 11.4. The van der Waals surface area contributed by atoms with Gasteiger partial charge in [0, 0.05) is 10.4 Å². The average molecular weight is 236 g/mol. The van der Waals surface area contributed by atoms with Crippen molar-refractivity contribution in [3.05, 3.63) is 45.0 Å². The van der Waals surface area contributed by atoms with Crippen LogP contribution in [0.1, 0.15) is 33.6 Å². The van der Waals surface area contributed by atoms with Crippen LogP contribution in [0.2, 0.25) is 0 Å². The van der Waals surface area contributed by atoms with Crippen LogP contribution in [0, 0.1) is 20.8 Å². The second kappa shape index (κ2) is 4.41. The summed E-state index contributed by atoms with van der Waals surface area (Å²) in [6, 6.07) is 4.16. The molecule has 3 N–H and O–H groups in total. The number of aryl methyl sites for hydroxylation is 3. The van der Waals surface area contributed by atoms with E-state index in [1.165, 1.54) is 10.4 Å². The van der Waals surface area contributed by atoms with Gasteiger partial charge in [0.15, 0.2) is 0 Å². The Morgan fingerprint density at radius 3 is 2.50 bits per heavy atom. The molecule has 0 bridgehead atoms. The third-order valence-electron chi connectivity index (χ3n) is 2.77. The Labute approximate surface area is 99.2 Å². The number of thiophene rings is 1. The van der Waals surface area contributed by atoms with Gasteiger partial charge in [0.25, 0.3) is 0 Å². The fraction of sp³-hybridized carbons (Fsp3) is 0.333. The van der Waals surface area contributed by atoms with E-state index in [0.717, 1.165) is 17.1 Å². The van der Waals surface area contributed by atoms with Crippen LogP contribution in [0.15, 0.2) is 21.9 Å². The van der Waals surface area contributed by atoms with Crippen LogP contribution in [0.4, 0.5) is 0 Å². The van der Waals surface area contributed by atoms with E-state index in [0.29, 0.717) is 0 Å². The van der Waals surface area contributed by atoms with Gasteiger partial charge in [0.2, 0.25) is 0 Å². The van der Waals surface area contributed by atoms with E-state index in [2.05, 4.69) is 23.8 Å². The minimum atomic E-state index is 0.0173. The Morgan fingerprint density at radius 1 is 1.31 bits per heavy atom. The van der Waals surface area contributed by atoms with Crippen molar-refractivity contribution >= 4 is 11.3 Å². The molecule has 0 radical (unpaired) electrons. The molecule has 0 aliphatic carbocycles. The molecule has 1 unspecified atom stereocenters. The lowest BCUT2D eigenvalue weighted by Crippen LogP contribution is -2.29. The van der Waals surface area contributed by atoms with Crippen LogP contribution < -0.4 is 11.3 Å². The SMILES string of the molecule is Cc1cc(C(NN)c2ccsc2C)c(C)o1. The largest absolute Gasteiger partial charge is 0.466 e. The van der Waals surface area contributed by atoms with Crippen molar-refractivity contribution in [1.82, 2.24) is 5.43 Å². The molecule has 3 nitrogen and oxygen atoms in total. The first-order valence-electron chi connectivity index (χ1n) is 5.20. The fourth-order valence-corrected chi connectivity index (χ4v) is 2.72. The summed E-state index contributed by atoms with van der Waals surface area (Å²) in [5, 5.41) is 2.08. The monoisotopic (exact) mass is 236 g/mol. The lowest BCUT2D eigenvalue weighted by molar-refractivity contribution is 0.495. The summed E-state index contributed by atoms with van der Waals surface area (Å²) >= 11 is 1.73. The summed E-state index contributed by atoms with van der Waals surface area (Å²) in [4.78, 5) is 1.28. The Hall–Kier alpha value is -1.10. The van der Waals surface area contributed by atoms with Crippen molar-refractivity contribution in [2.75, 3.05) is 0 Å². The lowest BCUT2D eigenvalue weighted by Gasteiger charge is -2.15. The molecule has 0 saturated carbocycles. The summed E-state index contributed by atoms with van der Waals surface area (Å²) in [5.74, 6) is 7.50. The Morgan fingerprint density at radius 2 is 2.06 bits per heavy atom. The normalized spacial score (nSPS) is 13.0. The van der Waals surface area contributed by atoms with Crippen LogP contribution >= 0.6 is 11.3 Å². The molecule has 0 aliphatic rings. The maximum atomic E-state index is 5.66. The Kier molecular flexibility index (Phi) is 3.14. The minimum absolute atomic E-state index is 0.0173. The highest BCUT2D eigenvalue weighted by atomic mass is 32.1. The smallest absolute Gasteiger partial charge is 0.106 e. The van der Waals surface area contributed by atoms with Gasteiger partial charge in [0.1, 0.15) is 11.5 Å². The second-order valence-electron chi connectivity index (χ2n) is 3.90. The van der Waals surface area contributed by atoms with E-state index in [1.54, 1.807) is 11.3 Å². The molecular formula is C12H16N2OS. The molecule has 0 aromatic carbocycles. The number of nitrogens with one attached hydrogen (secondary N) is 1. The molecule has 2 rings (SSSR count). The molecule has 0 amide bonds. The number of hydrogen-bond donors (Lipinski definition) is 2. The van der Waals surface area contributed by atoms with Crippen LogP contribution in [-0.2, 0) is 0 Å². The van der Waals surface area contributed by atoms with Crippen LogP contribution in [0.3, 0.4) is 0 Å². The van der Waals surface area contributed by atoms with Gasteiger partial charge in [-0.3, -0.25) is 5.84 Å². The molecule has 86 valence electrons. The number of hydrazine groups is 1. The molecule has 1 atom stereocenters. The van der Waals surface area contributed by atoms with Crippen LogP contribution in [0.25, 0.3) is 0 Å². The summed E-state index contributed by atoms with van der Waals surface area (Å²) in [6.45, 7) is 6.02. The molecule has 4 heteroatoms. The van der Waals surface area contributed by atoms with Crippen molar-refractivity contribution in [3.8, 4) is 0 Å². The van der Waals surface area contributed by atoms with Crippen LogP contribution in [-0.4, -0.2) is 0 Å². The zero-order valence-corrected chi connectivity index (χ0v) is 10.5. The van der Waals surface area contributed by atoms with Crippen molar-refractivity contribution in [1.29, 1.82) is 0 Å². The van der Waals surface area contributed by atoms with Gasteiger partial charge in [-0.15, -0.1) is 11.3 Å². The maximum Gasteiger partial charge on any atom is 0.106 e. The van der Waals surface area contributed by atoms with Gasteiger partial charge >= 0.3 is 0 Å². The van der Waals surface area contributed by atoms with Gasteiger partial charge in [-0.25, -0.2) is 5.43 Å². The summed E-state index contributed by atoms with van der Waals surface area (Å²) in [7, 11) is 0. The van der Waals surface area contributed by atoms with E-state index in [4.69, 9.17) is 10.3 Å². The van der Waals surface area contributed by atoms with E-state index in [9.17, 15) is 0 Å². The molecule has 0 aliphatic heterocycles.